The maximum Gasteiger partial charge on any atom is 0.408 e. The van der Waals surface area contributed by atoms with E-state index in [1.165, 1.54) is 26.3 Å². The van der Waals surface area contributed by atoms with Crippen LogP contribution in [0.3, 0.4) is 0 Å². The SMILES string of the molecule is CON(C)C(=O)/C=C/[C@H](CCC(N)=O)NC(=O)[C@H](Cc1ccccc1)NC(=O)[C@H](CC(C)C)NC(=O)OCc1ccccc1. The molecule has 12 nitrogen and oxygen atoms in total. The van der Waals surface area contributed by atoms with Crippen LogP contribution < -0.4 is 21.7 Å². The van der Waals surface area contributed by atoms with Crippen molar-refractivity contribution in [2.75, 3.05) is 14.2 Å². The van der Waals surface area contributed by atoms with Gasteiger partial charge < -0.3 is 26.4 Å². The van der Waals surface area contributed by atoms with Crippen molar-refractivity contribution in [3.05, 3.63) is 83.9 Å². The summed E-state index contributed by atoms with van der Waals surface area (Å²) >= 11 is 0. The summed E-state index contributed by atoms with van der Waals surface area (Å²) in [6.45, 7) is 3.84. The Labute approximate surface area is 258 Å². The number of likely N-dealkylation sites (N-methyl/N-ethyl adjacent to an activating group) is 1. The first-order valence-electron chi connectivity index (χ1n) is 14.4. The topological polar surface area (TPSA) is 169 Å². The second-order valence-corrected chi connectivity index (χ2v) is 10.6. The van der Waals surface area contributed by atoms with Crippen molar-refractivity contribution in [3.63, 3.8) is 0 Å². The van der Waals surface area contributed by atoms with Gasteiger partial charge in [0.2, 0.25) is 17.7 Å². The van der Waals surface area contributed by atoms with E-state index in [0.717, 1.165) is 16.2 Å². The van der Waals surface area contributed by atoms with Gasteiger partial charge in [-0.3, -0.25) is 24.0 Å². The lowest BCUT2D eigenvalue weighted by molar-refractivity contribution is -0.162. The number of amides is 5. The normalized spacial score (nSPS) is 13.0. The summed E-state index contributed by atoms with van der Waals surface area (Å²) in [5.41, 5.74) is 6.90. The van der Waals surface area contributed by atoms with Crippen LogP contribution >= 0.6 is 0 Å². The first kappa shape index (κ1) is 35.5. The fraction of sp³-hybridized carbons (Fsp3) is 0.406. The third-order valence-electron chi connectivity index (χ3n) is 6.53. The summed E-state index contributed by atoms with van der Waals surface area (Å²) in [6.07, 6.45) is 2.40. The lowest BCUT2D eigenvalue weighted by Crippen LogP contribution is -2.55. The molecule has 12 heteroatoms. The fourth-order valence-electron chi connectivity index (χ4n) is 4.13. The highest BCUT2D eigenvalue weighted by Crippen LogP contribution is 2.10. The average molecular weight is 610 g/mol. The van der Waals surface area contributed by atoms with Gasteiger partial charge in [0.15, 0.2) is 0 Å². The summed E-state index contributed by atoms with van der Waals surface area (Å²) in [6, 6.07) is 15.5. The molecule has 0 saturated heterocycles. The van der Waals surface area contributed by atoms with Crippen LogP contribution in [0.25, 0.3) is 0 Å². The minimum Gasteiger partial charge on any atom is -0.445 e. The van der Waals surface area contributed by atoms with Crippen molar-refractivity contribution in [1.82, 2.24) is 21.0 Å². The second kappa shape index (κ2) is 18.7. The smallest absolute Gasteiger partial charge is 0.408 e. The Hall–Kier alpha value is -4.71. The van der Waals surface area contributed by atoms with Crippen molar-refractivity contribution in [2.24, 2.45) is 11.7 Å². The Balaban J connectivity index is 2.22. The summed E-state index contributed by atoms with van der Waals surface area (Å²) in [5, 5.41) is 9.20. The number of ether oxygens (including phenoxy) is 1. The van der Waals surface area contributed by atoms with Crippen LogP contribution in [-0.4, -0.2) is 67.1 Å². The summed E-state index contributed by atoms with van der Waals surface area (Å²) in [7, 11) is 2.76. The molecule has 0 aliphatic rings. The Morgan fingerprint density at radius 1 is 0.864 bits per heavy atom. The molecule has 0 radical (unpaired) electrons. The molecule has 2 aromatic rings. The van der Waals surface area contributed by atoms with Crippen LogP contribution in [0.5, 0.6) is 0 Å². The number of nitrogens with two attached hydrogens (primary N) is 1. The molecule has 0 aromatic heterocycles. The van der Waals surface area contributed by atoms with Crippen LogP contribution in [0.4, 0.5) is 4.79 Å². The molecule has 3 atom stereocenters. The molecule has 0 heterocycles. The van der Waals surface area contributed by atoms with E-state index in [0.29, 0.717) is 6.42 Å². The van der Waals surface area contributed by atoms with Crippen molar-refractivity contribution >= 4 is 29.7 Å². The Morgan fingerprint density at radius 2 is 1.45 bits per heavy atom. The lowest BCUT2D eigenvalue weighted by Gasteiger charge is -2.25. The van der Waals surface area contributed by atoms with Gasteiger partial charge in [0, 0.05) is 32.0 Å². The van der Waals surface area contributed by atoms with Crippen molar-refractivity contribution in [2.45, 2.75) is 64.3 Å². The highest BCUT2D eigenvalue weighted by Gasteiger charge is 2.29. The quantitative estimate of drug-likeness (QED) is 0.158. The number of nitrogens with one attached hydrogen (secondary N) is 3. The molecule has 5 amide bonds. The second-order valence-electron chi connectivity index (χ2n) is 10.6. The van der Waals surface area contributed by atoms with Gasteiger partial charge in [-0.15, -0.1) is 0 Å². The highest BCUT2D eigenvalue weighted by molar-refractivity contribution is 5.92. The molecule has 2 aromatic carbocycles. The molecule has 0 saturated carbocycles. The maximum absolute atomic E-state index is 13.6. The van der Waals surface area contributed by atoms with Crippen LogP contribution in [0.2, 0.25) is 0 Å². The Kier molecular flexibility index (Phi) is 15.1. The first-order valence-corrected chi connectivity index (χ1v) is 14.4. The molecule has 5 N–H and O–H groups in total. The van der Waals surface area contributed by atoms with E-state index in [-0.39, 0.29) is 31.8 Å². The van der Waals surface area contributed by atoms with Gasteiger partial charge in [0.05, 0.1) is 7.11 Å². The Morgan fingerprint density at radius 3 is 2.02 bits per heavy atom. The van der Waals surface area contributed by atoms with E-state index in [1.807, 2.05) is 74.5 Å². The standard InChI is InChI=1S/C32H43N5O7/c1-22(2)19-26(36-32(42)44-21-24-13-9-6-10-14-24)31(41)35-27(20-23-11-7-5-8-12-23)30(40)34-25(15-17-28(33)38)16-18-29(39)37(3)43-4/h5-14,16,18,22,25-27H,15,17,19-21H2,1-4H3,(H2,33,38)(H,34,40)(H,35,41)(H,36,42)/b18-16+/t25-,26-,27-/m0/s1. The molecular formula is C32H43N5O7. The van der Waals surface area contributed by atoms with Gasteiger partial charge >= 0.3 is 6.09 Å². The van der Waals surface area contributed by atoms with Crippen molar-refractivity contribution in [3.8, 4) is 0 Å². The number of carbonyl (C=O) groups excluding carboxylic acids is 5. The van der Waals surface area contributed by atoms with Gasteiger partial charge in [0.25, 0.3) is 5.91 Å². The number of alkyl carbamates (subject to hydrolysis) is 1. The summed E-state index contributed by atoms with van der Waals surface area (Å²) in [4.78, 5) is 68.3. The zero-order chi connectivity index (χ0) is 32.5. The van der Waals surface area contributed by atoms with Gasteiger partial charge in [-0.2, -0.15) is 0 Å². The molecule has 238 valence electrons. The maximum atomic E-state index is 13.6. The van der Waals surface area contributed by atoms with E-state index in [9.17, 15) is 24.0 Å². The zero-order valence-corrected chi connectivity index (χ0v) is 25.7. The number of primary amides is 1. The van der Waals surface area contributed by atoms with E-state index in [1.54, 1.807) is 0 Å². The number of hydroxylamine groups is 2. The van der Waals surface area contributed by atoms with Crippen molar-refractivity contribution in [1.29, 1.82) is 0 Å². The van der Waals surface area contributed by atoms with Gasteiger partial charge in [0.1, 0.15) is 18.7 Å². The predicted octanol–water partition coefficient (Wildman–Crippen LogP) is 2.38. The number of hydrogen-bond acceptors (Lipinski definition) is 7. The first-order chi connectivity index (χ1) is 21.0. The molecule has 0 spiro atoms. The minimum absolute atomic E-state index is 0.0324. The van der Waals surface area contributed by atoms with Gasteiger partial charge in [-0.1, -0.05) is 80.6 Å². The fourth-order valence-corrected chi connectivity index (χ4v) is 4.13. The number of carbonyl (C=O) groups is 5. The van der Waals surface area contributed by atoms with E-state index < -0.39 is 47.8 Å². The highest BCUT2D eigenvalue weighted by atomic mass is 16.7. The molecule has 0 bridgehead atoms. The molecule has 0 fully saturated rings. The Bertz CT molecular complexity index is 1250. The van der Waals surface area contributed by atoms with Crippen LogP contribution in [-0.2, 0) is 41.8 Å². The van der Waals surface area contributed by atoms with Crippen LogP contribution in [0.15, 0.2) is 72.8 Å². The van der Waals surface area contributed by atoms with Gasteiger partial charge in [-0.05, 0) is 29.9 Å². The average Bonchev–Trinajstić information content (AvgIpc) is 3.00. The van der Waals surface area contributed by atoms with Crippen molar-refractivity contribution < 1.29 is 33.5 Å². The number of nitrogens with zero attached hydrogens (tertiary/aromatic N) is 1. The molecule has 44 heavy (non-hydrogen) atoms. The predicted molar refractivity (Wildman–Crippen MR) is 164 cm³/mol. The van der Waals surface area contributed by atoms with E-state index in [4.69, 9.17) is 15.3 Å². The van der Waals surface area contributed by atoms with Gasteiger partial charge in [-0.25, -0.2) is 9.86 Å². The molecule has 0 aliphatic heterocycles. The summed E-state index contributed by atoms with van der Waals surface area (Å²) < 4.78 is 5.31. The molecular weight excluding hydrogens is 566 g/mol. The largest absolute Gasteiger partial charge is 0.445 e. The minimum atomic E-state index is -1.05. The lowest BCUT2D eigenvalue weighted by atomic mass is 10.0. The zero-order valence-electron chi connectivity index (χ0n) is 25.7. The summed E-state index contributed by atoms with van der Waals surface area (Å²) in [5.74, 6) is -2.14. The molecule has 0 aliphatic carbocycles. The number of benzene rings is 2. The van der Waals surface area contributed by atoms with E-state index in [2.05, 4.69) is 16.0 Å². The third-order valence-corrected chi connectivity index (χ3v) is 6.53. The molecule has 0 unspecified atom stereocenters. The van der Waals surface area contributed by atoms with E-state index >= 15 is 0 Å². The number of rotatable bonds is 17. The number of hydrogen-bond donors (Lipinski definition) is 4. The third kappa shape index (κ3) is 13.5. The van der Waals surface area contributed by atoms with Crippen LogP contribution in [0, 0.1) is 5.92 Å². The monoisotopic (exact) mass is 609 g/mol. The molecule has 2 rings (SSSR count). The van der Waals surface area contributed by atoms with Crippen LogP contribution in [0.1, 0.15) is 44.2 Å².